The first-order chi connectivity index (χ1) is 11.4. The van der Waals surface area contributed by atoms with Gasteiger partial charge >= 0.3 is 0 Å². The van der Waals surface area contributed by atoms with Gasteiger partial charge < -0.3 is 14.2 Å². The number of morpholine rings is 1. The van der Waals surface area contributed by atoms with E-state index in [9.17, 15) is 8.42 Å². The molecular weight excluding hydrogens is 330 g/mol. The van der Waals surface area contributed by atoms with E-state index in [4.69, 9.17) is 9.26 Å². The van der Waals surface area contributed by atoms with E-state index in [-0.39, 0.29) is 10.4 Å². The molecule has 0 radical (unpaired) electrons. The highest BCUT2D eigenvalue weighted by Crippen LogP contribution is 2.26. The maximum absolute atomic E-state index is 12.8. The minimum Gasteiger partial charge on any atom is -0.370 e. The van der Waals surface area contributed by atoms with Crippen LogP contribution in [0.4, 0.5) is 0 Å². The fourth-order valence-corrected chi connectivity index (χ4v) is 5.65. The number of nitrogens with zero attached hydrogens (tertiary/aromatic N) is 1. The fraction of sp³-hybridized carbons (Fsp3) is 0.812. The van der Waals surface area contributed by atoms with Gasteiger partial charge in [-0.25, -0.2) is 13.1 Å². The number of quaternary nitrogens is 1. The minimum absolute atomic E-state index is 0.0198. The molecule has 2 fully saturated rings. The van der Waals surface area contributed by atoms with Crippen molar-refractivity contribution in [2.24, 2.45) is 0 Å². The number of sulfonamides is 1. The van der Waals surface area contributed by atoms with Crippen molar-refractivity contribution in [3.05, 3.63) is 11.5 Å². The molecule has 0 unspecified atom stereocenters. The number of hydrogen-bond donors (Lipinski definition) is 2. The van der Waals surface area contributed by atoms with Crippen LogP contribution in [0, 0.1) is 13.8 Å². The van der Waals surface area contributed by atoms with Gasteiger partial charge in [-0.05, 0) is 26.7 Å². The molecule has 2 N–H and O–H groups in total. The van der Waals surface area contributed by atoms with Crippen molar-refractivity contribution in [2.45, 2.75) is 56.4 Å². The Morgan fingerprint density at radius 1 is 1.17 bits per heavy atom. The molecule has 2 aliphatic rings. The van der Waals surface area contributed by atoms with Gasteiger partial charge in [-0.2, -0.15) is 0 Å². The number of aromatic nitrogens is 1. The second-order valence-corrected chi connectivity index (χ2v) is 8.74. The van der Waals surface area contributed by atoms with Crippen LogP contribution in [-0.2, 0) is 14.8 Å². The maximum atomic E-state index is 12.8. The third-order valence-electron chi connectivity index (χ3n) is 5.49. The Hall–Kier alpha value is -0.960. The lowest BCUT2D eigenvalue weighted by molar-refractivity contribution is -0.960. The van der Waals surface area contributed by atoms with Crippen LogP contribution in [0.25, 0.3) is 0 Å². The zero-order chi connectivity index (χ0) is 17.2. The molecule has 1 saturated carbocycles. The third kappa shape index (κ3) is 3.51. The average molecular weight is 358 g/mol. The molecular formula is C16H28N3O4S+. The molecule has 1 aliphatic heterocycles. The standard InChI is InChI=1S/C16H27N3O4S/c1-13-15(14(2)23-18-13)24(20,21)17-12-16(6-4-3-5-7-16)19-8-10-22-11-9-19/h17H,3-12H2,1-2H3/p+1. The van der Waals surface area contributed by atoms with Crippen LogP contribution in [-0.4, -0.2) is 52.0 Å². The van der Waals surface area contributed by atoms with E-state index in [1.807, 2.05) is 0 Å². The van der Waals surface area contributed by atoms with E-state index < -0.39 is 10.0 Å². The summed E-state index contributed by atoms with van der Waals surface area (Å²) in [4.78, 5) is 1.67. The summed E-state index contributed by atoms with van der Waals surface area (Å²) in [5.74, 6) is 0.344. The highest BCUT2D eigenvalue weighted by molar-refractivity contribution is 7.89. The van der Waals surface area contributed by atoms with Crippen molar-refractivity contribution >= 4 is 10.0 Å². The topological polar surface area (TPSA) is 85.9 Å². The lowest BCUT2D eigenvalue weighted by atomic mass is 9.80. The lowest BCUT2D eigenvalue weighted by Crippen LogP contribution is -3.23. The minimum atomic E-state index is -3.61. The summed E-state index contributed by atoms with van der Waals surface area (Å²) in [5.41, 5.74) is 0.394. The molecule has 8 heteroatoms. The Kier molecular flexibility index (Phi) is 5.29. The van der Waals surface area contributed by atoms with E-state index in [1.54, 1.807) is 13.8 Å². The molecule has 2 heterocycles. The summed E-state index contributed by atoms with van der Waals surface area (Å²) in [6, 6.07) is 0. The normalized spacial score (nSPS) is 22.6. The first kappa shape index (κ1) is 17.8. The summed E-state index contributed by atoms with van der Waals surface area (Å²) in [7, 11) is -3.61. The van der Waals surface area contributed by atoms with Crippen molar-refractivity contribution in [3.8, 4) is 0 Å². The molecule has 0 amide bonds. The Morgan fingerprint density at radius 3 is 2.42 bits per heavy atom. The van der Waals surface area contributed by atoms with Crippen molar-refractivity contribution in [1.29, 1.82) is 0 Å². The van der Waals surface area contributed by atoms with Crippen LogP contribution in [0.1, 0.15) is 43.6 Å². The fourth-order valence-electron chi connectivity index (χ4n) is 4.20. The zero-order valence-corrected chi connectivity index (χ0v) is 15.4. The molecule has 1 aromatic heterocycles. The molecule has 1 aromatic rings. The van der Waals surface area contributed by atoms with Crippen molar-refractivity contribution < 1.29 is 22.6 Å². The summed E-state index contributed by atoms with van der Waals surface area (Å²) in [5, 5.41) is 3.77. The average Bonchev–Trinajstić information content (AvgIpc) is 2.94. The number of nitrogens with one attached hydrogen (secondary N) is 2. The summed E-state index contributed by atoms with van der Waals surface area (Å²) < 4.78 is 38.9. The van der Waals surface area contributed by atoms with E-state index in [0.29, 0.717) is 18.0 Å². The predicted molar refractivity (Wildman–Crippen MR) is 88.5 cm³/mol. The molecule has 1 saturated heterocycles. The number of rotatable bonds is 5. The Bertz CT molecular complexity index is 639. The van der Waals surface area contributed by atoms with Gasteiger partial charge in [0.15, 0.2) is 5.76 Å². The van der Waals surface area contributed by atoms with E-state index in [1.165, 1.54) is 11.3 Å². The molecule has 136 valence electrons. The van der Waals surface area contributed by atoms with Gasteiger partial charge in [-0.3, -0.25) is 0 Å². The Labute approximate surface area is 143 Å². The molecule has 0 atom stereocenters. The largest absolute Gasteiger partial charge is 0.370 e. The van der Waals surface area contributed by atoms with Gasteiger partial charge in [-0.15, -0.1) is 0 Å². The number of ether oxygens (including phenoxy) is 1. The van der Waals surface area contributed by atoms with Crippen LogP contribution < -0.4 is 9.62 Å². The second-order valence-electron chi connectivity index (χ2n) is 7.03. The Balaban J connectivity index is 1.78. The van der Waals surface area contributed by atoms with Gasteiger partial charge in [0.2, 0.25) is 10.0 Å². The lowest BCUT2D eigenvalue weighted by Gasteiger charge is -2.44. The molecule has 7 nitrogen and oxygen atoms in total. The van der Waals surface area contributed by atoms with Crippen LogP contribution in [0.15, 0.2) is 9.42 Å². The molecule has 0 spiro atoms. The van der Waals surface area contributed by atoms with Gasteiger partial charge in [0.25, 0.3) is 0 Å². The molecule has 24 heavy (non-hydrogen) atoms. The zero-order valence-electron chi connectivity index (χ0n) is 14.6. The smallest absolute Gasteiger partial charge is 0.246 e. The van der Waals surface area contributed by atoms with Crippen molar-refractivity contribution in [3.63, 3.8) is 0 Å². The van der Waals surface area contributed by atoms with Gasteiger partial charge in [0.05, 0.1) is 19.8 Å². The van der Waals surface area contributed by atoms with E-state index in [0.717, 1.165) is 52.0 Å². The van der Waals surface area contributed by atoms with Crippen molar-refractivity contribution in [1.82, 2.24) is 9.88 Å². The quantitative estimate of drug-likeness (QED) is 0.785. The molecule has 1 aliphatic carbocycles. The molecule has 0 aromatic carbocycles. The molecule has 3 rings (SSSR count). The van der Waals surface area contributed by atoms with Crippen LogP contribution in [0.2, 0.25) is 0 Å². The number of hydrogen-bond acceptors (Lipinski definition) is 5. The Morgan fingerprint density at radius 2 is 1.83 bits per heavy atom. The number of aryl methyl sites for hydroxylation is 2. The van der Waals surface area contributed by atoms with Gasteiger partial charge in [0, 0.05) is 12.8 Å². The van der Waals surface area contributed by atoms with Crippen LogP contribution >= 0.6 is 0 Å². The van der Waals surface area contributed by atoms with Crippen LogP contribution in [0.5, 0.6) is 0 Å². The van der Waals surface area contributed by atoms with E-state index >= 15 is 0 Å². The van der Waals surface area contributed by atoms with Crippen LogP contribution in [0.3, 0.4) is 0 Å². The van der Waals surface area contributed by atoms with Crippen molar-refractivity contribution in [2.75, 3.05) is 32.8 Å². The first-order valence-corrected chi connectivity index (χ1v) is 10.3. The summed E-state index contributed by atoms with van der Waals surface area (Å²) in [6.07, 6.45) is 5.69. The SMILES string of the molecule is Cc1noc(C)c1S(=O)(=O)NCC1([NH+]2CCOCC2)CCCCC1. The highest BCUT2D eigenvalue weighted by atomic mass is 32.2. The summed E-state index contributed by atoms with van der Waals surface area (Å²) >= 11 is 0. The van der Waals surface area contributed by atoms with Gasteiger partial charge in [-0.1, -0.05) is 11.6 Å². The molecule has 0 bridgehead atoms. The van der Waals surface area contributed by atoms with Gasteiger partial charge in [0.1, 0.15) is 29.2 Å². The summed E-state index contributed by atoms with van der Waals surface area (Å²) in [6.45, 7) is 7.18. The highest BCUT2D eigenvalue weighted by Gasteiger charge is 2.43. The maximum Gasteiger partial charge on any atom is 0.246 e. The predicted octanol–water partition coefficient (Wildman–Crippen LogP) is 0.188. The third-order valence-corrected chi connectivity index (χ3v) is 7.14. The van der Waals surface area contributed by atoms with E-state index in [2.05, 4.69) is 9.88 Å². The monoisotopic (exact) mass is 358 g/mol. The first-order valence-electron chi connectivity index (χ1n) is 8.80. The second kappa shape index (κ2) is 7.11.